The van der Waals surface area contributed by atoms with E-state index in [1.165, 1.54) is 0 Å². The van der Waals surface area contributed by atoms with Gasteiger partial charge in [-0.3, -0.25) is 9.69 Å². The number of alkyl halides is 1. The zero-order valence-electron chi connectivity index (χ0n) is 7.87. The Morgan fingerprint density at radius 1 is 1.62 bits per heavy atom. The lowest BCUT2D eigenvalue weighted by Gasteiger charge is -2.33. The molecule has 0 saturated carbocycles. The van der Waals surface area contributed by atoms with E-state index in [-0.39, 0.29) is 5.92 Å². The minimum atomic E-state index is -0.654. The van der Waals surface area contributed by atoms with Crippen LogP contribution >= 0.6 is 11.6 Å². The molecule has 1 aliphatic rings. The van der Waals surface area contributed by atoms with Gasteiger partial charge in [-0.15, -0.1) is 11.6 Å². The van der Waals surface area contributed by atoms with Gasteiger partial charge in [-0.05, 0) is 32.9 Å². The number of carbonyl (C=O) groups is 1. The first-order valence-corrected chi connectivity index (χ1v) is 5.21. The SMILES string of the molecule is CC(CCl)N1CCC(C(=O)O)CC1. The first kappa shape index (κ1) is 10.8. The Labute approximate surface area is 83.7 Å². The van der Waals surface area contributed by atoms with Crippen LogP contribution in [0.4, 0.5) is 0 Å². The zero-order valence-corrected chi connectivity index (χ0v) is 8.63. The lowest BCUT2D eigenvalue weighted by molar-refractivity contribution is -0.143. The van der Waals surface area contributed by atoms with Gasteiger partial charge in [0.15, 0.2) is 0 Å². The lowest BCUT2D eigenvalue weighted by Crippen LogP contribution is -2.42. The smallest absolute Gasteiger partial charge is 0.306 e. The van der Waals surface area contributed by atoms with Gasteiger partial charge in [0.25, 0.3) is 0 Å². The monoisotopic (exact) mass is 205 g/mol. The molecule has 76 valence electrons. The summed E-state index contributed by atoms with van der Waals surface area (Å²) >= 11 is 5.73. The van der Waals surface area contributed by atoms with E-state index < -0.39 is 5.97 Å². The highest BCUT2D eigenvalue weighted by Crippen LogP contribution is 2.19. The molecule has 0 bridgehead atoms. The maximum Gasteiger partial charge on any atom is 0.306 e. The minimum Gasteiger partial charge on any atom is -0.481 e. The highest BCUT2D eigenvalue weighted by Gasteiger charge is 2.26. The molecule has 1 heterocycles. The number of carboxylic acid groups (broad SMARTS) is 1. The van der Waals surface area contributed by atoms with Gasteiger partial charge < -0.3 is 5.11 Å². The molecule has 0 radical (unpaired) electrons. The summed E-state index contributed by atoms with van der Waals surface area (Å²) in [5, 5.41) is 8.78. The van der Waals surface area contributed by atoms with Crippen LogP contribution in [-0.2, 0) is 4.79 Å². The first-order chi connectivity index (χ1) is 6.15. The molecule has 1 saturated heterocycles. The minimum absolute atomic E-state index is 0.140. The van der Waals surface area contributed by atoms with Crippen LogP contribution in [0.1, 0.15) is 19.8 Å². The van der Waals surface area contributed by atoms with Crippen molar-refractivity contribution < 1.29 is 9.90 Å². The zero-order chi connectivity index (χ0) is 9.84. The quantitative estimate of drug-likeness (QED) is 0.709. The maximum absolute atomic E-state index is 10.7. The van der Waals surface area contributed by atoms with E-state index in [9.17, 15) is 4.79 Å². The van der Waals surface area contributed by atoms with E-state index >= 15 is 0 Å². The molecule has 1 unspecified atom stereocenters. The average Bonchev–Trinajstić information content (AvgIpc) is 2.17. The van der Waals surface area contributed by atoms with E-state index in [0.29, 0.717) is 11.9 Å². The molecule has 0 aliphatic carbocycles. The molecule has 1 rings (SSSR count). The highest BCUT2D eigenvalue weighted by molar-refractivity contribution is 6.18. The van der Waals surface area contributed by atoms with Crippen molar-refractivity contribution in [2.24, 2.45) is 5.92 Å². The topological polar surface area (TPSA) is 40.5 Å². The summed E-state index contributed by atoms with van der Waals surface area (Å²) in [5.74, 6) is -0.172. The van der Waals surface area contributed by atoms with E-state index in [2.05, 4.69) is 11.8 Å². The molecule has 0 spiro atoms. The summed E-state index contributed by atoms with van der Waals surface area (Å²) in [4.78, 5) is 12.9. The summed E-state index contributed by atoms with van der Waals surface area (Å²) in [6, 6.07) is 0.372. The summed E-state index contributed by atoms with van der Waals surface area (Å²) in [6.07, 6.45) is 1.52. The fraction of sp³-hybridized carbons (Fsp3) is 0.889. The predicted octanol–water partition coefficient (Wildman–Crippen LogP) is 1.41. The van der Waals surface area contributed by atoms with Gasteiger partial charge in [-0.25, -0.2) is 0 Å². The summed E-state index contributed by atoms with van der Waals surface area (Å²) < 4.78 is 0. The fourth-order valence-corrected chi connectivity index (χ4v) is 1.88. The van der Waals surface area contributed by atoms with Crippen molar-refractivity contribution in [3.8, 4) is 0 Å². The maximum atomic E-state index is 10.7. The molecule has 0 amide bonds. The number of hydrogen-bond acceptors (Lipinski definition) is 2. The summed E-state index contributed by atoms with van der Waals surface area (Å²) in [6.45, 7) is 3.81. The Balaban J connectivity index is 2.34. The Kier molecular flexibility index (Phi) is 4.00. The molecule has 4 heteroatoms. The van der Waals surface area contributed by atoms with Crippen LogP contribution in [-0.4, -0.2) is 41.0 Å². The van der Waals surface area contributed by atoms with Gasteiger partial charge >= 0.3 is 5.97 Å². The van der Waals surface area contributed by atoms with Gasteiger partial charge in [0.1, 0.15) is 0 Å². The van der Waals surface area contributed by atoms with Crippen molar-refractivity contribution in [1.82, 2.24) is 4.90 Å². The Bertz CT molecular complexity index is 178. The second-order valence-corrected chi connectivity index (χ2v) is 3.96. The Hall–Kier alpha value is -0.280. The molecular weight excluding hydrogens is 190 g/mol. The predicted molar refractivity (Wildman–Crippen MR) is 52.1 cm³/mol. The van der Waals surface area contributed by atoms with E-state index in [1.807, 2.05) is 0 Å². The largest absolute Gasteiger partial charge is 0.481 e. The molecule has 1 fully saturated rings. The van der Waals surface area contributed by atoms with Crippen LogP contribution in [0.2, 0.25) is 0 Å². The second kappa shape index (κ2) is 4.82. The first-order valence-electron chi connectivity index (χ1n) is 4.68. The number of halogens is 1. The van der Waals surface area contributed by atoms with Gasteiger partial charge in [0.05, 0.1) is 5.92 Å². The Morgan fingerprint density at radius 3 is 2.54 bits per heavy atom. The molecule has 1 N–H and O–H groups in total. The van der Waals surface area contributed by atoms with Gasteiger partial charge in [-0.1, -0.05) is 0 Å². The molecule has 0 aromatic rings. The van der Waals surface area contributed by atoms with Crippen LogP contribution in [0.3, 0.4) is 0 Å². The standard InChI is InChI=1S/C9H16ClNO2/c1-7(6-10)11-4-2-8(3-5-11)9(12)13/h7-8H,2-6H2,1H3,(H,12,13). The molecule has 3 nitrogen and oxygen atoms in total. The number of likely N-dealkylation sites (tertiary alicyclic amines) is 1. The summed E-state index contributed by atoms with van der Waals surface area (Å²) in [5.41, 5.74) is 0. The van der Waals surface area contributed by atoms with E-state index in [1.54, 1.807) is 0 Å². The van der Waals surface area contributed by atoms with Crippen LogP contribution < -0.4 is 0 Å². The number of hydrogen-bond donors (Lipinski definition) is 1. The number of piperidine rings is 1. The molecule has 1 atom stereocenters. The van der Waals surface area contributed by atoms with Crippen molar-refractivity contribution in [3.63, 3.8) is 0 Å². The van der Waals surface area contributed by atoms with E-state index in [0.717, 1.165) is 25.9 Å². The molecular formula is C9H16ClNO2. The number of nitrogens with zero attached hydrogens (tertiary/aromatic N) is 1. The molecule has 1 aliphatic heterocycles. The van der Waals surface area contributed by atoms with Crippen LogP contribution in [0, 0.1) is 5.92 Å². The third-order valence-electron chi connectivity index (χ3n) is 2.73. The van der Waals surface area contributed by atoms with Gasteiger partial charge in [0, 0.05) is 11.9 Å². The highest BCUT2D eigenvalue weighted by atomic mass is 35.5. The van der Waals surface area contributed by atoms with Crippen LogP contribution in [0.25, 0.3) is 0 Å². The van der Waals surface area contributed by atoms with Crippen LogP contribution in [0.5, 0.6) is 0 Å². The van der Waals surface area contributed by atoms with Crippen LogP contribution in [0.15, 0.2) is 0 Å². The molecule has 0 aromatic carbocycles. The van der Waals surface area contributed by atoms with Crippen molar-refractivity contribution >= 4 is 17.6 Å². The number of rotatable bonds is 3. The third kappa shape index (κ3) is 2.85. The molecule has 13 heavy (non-hydrogen) atoms. The van der Waals surface area contributed by atoms with E-state index in [4.69, 9.17) is 16.7 Å². The normalized spacial score (nSPS) is 22.9. The van der Waals surface area contributed by atoms with Crippen molar-refractivity contribution in [1.29, 1.82) is 0 Å². The van der Waals surface area contributed by atoms with Crippen molar-refractivity contribution in [2.75, 3.05) is 19.0 Å². The van der Waals surface area contributed by atoms with Gasteiger partial charge in [0.2, 0.25) is 0 Å². The average molecular weight is 206 g/mol. The van der Waals surface area contributed by atoms with Gasteiger partial charge in [-0.2, -0.15) is 0 Å². The Morgan fingerprint density at radius 2 is 2.15 bits per heavy atom. The second-order valence-electron chi connectivity index (χ2n) is 3.65. The molecule has 0 aromatic heterocycles. The van der Waals surface area contributed by atoms with Crippen molar-refractivity contribution in [2.45, 2.75) is 25.8 Å². The lowest BCUT2D eigenvalue weighted by atomic mass is 9.96. The fourth-order valence-electron chi connectivity index (χ4n) is 1.68. The van der Waals surface area contributed by atoms with Crippen molar-refractivity contribution in [3.05, 3.63) is 0 Å². The number of aliphatic carboxylic acids is 1. The summed E-state index contributed by atoms with van der Waals surface area (Å²) in [7, 11) is 0. The number of carboxylic acids is 1. The third-order valence-corrected chi connectivity index (χ3v) is 3.17.